The second-order valence-corrected chi connectivity index (χ2v) is 7.04. The first-order chi connectivity index (χ1) is 13.3. The molecule has 5 unspecified atom stereocenters. The van der Waals surface area contributed by atoms with E-state index in [0.717, 1.165) is 0 Å². The average Bonchev–Trinajstić information content (AvgIpc) is 2.94. The molecule has 0 saturated carbocycles. The maximum atomic E-state index is 12.7. The number of benzene rings is 1. The molecule has 3 rings (SSSR count). The zero-order valence-electron chi connectivity index (χ0n) is 15.7. The fraction of sp³-hybridized carbons (Fsp3) is 0.444. The van der Waals surface area contributed by atoms with Crippen molar-refractivity contribution in [3.05, 3.63) is 51.4 Å². The van der Waals surface area contributed by atoms with Gasteiger partial charge >= 0.3 is 5.97 Å². The summed E-state index contributed by atoms with van der Waals surface area (Å²) in [7, 11) is 3.61. The van der Waals surface area contributed by atoms with Gasteiger partial charge in [-0.25, -0.2) is 4.79 Å². The van der Waals surface area contributed by atoms with Gasteiger partial charge in [-0.2, -0.15) is 0 Å². The fourth-order valence-corrected chi connectivity index (χ4v) is 3.96. The van der Waals surface area contributed by atoms with E-state index in [9.17, 15) is 19.7 Å². The lowest BCUT2D eigenvalue weighted by molar-refractivity contribution is -0.384. The molecule has 2 aliphatic heterocycles. The molecule has 2 aliphatic rings. The summed E-state index contributed by atoms with van der Waals surface area (Å²) in [4.78, 5) is 36.9. The Morgan fingerprint density at radius 1 is 1.36 bits per heavy atom. The molecule has 1 aromatic carbocycles. The molecule has 2 heterocycles. The number of non-ortho nitro benzene ring substituents is 1. The molecule has 0 aromatic heterocycles. The number of amides is 1. The molecule has 1 fully saturated rings. The van der Waals surface area contributed by atoms with Gasteiger partial charge in [0.1, 0.15) is 12.4 Å². The van der Waals surface area contributed by atoms with Gasteiger partial charge in [0.05, 0.1) is 30.1 Å². The van der Waals surface area contributed by atoms with E-state index in [-0.39, 0.29) is 47.9 Å². The number of hydrogen-bond acceptors (Lipinski definition) is 7. The highest BCUT2D eigenvalue weighted by Gasteiger charge is 2.61. The quantitative estimate of drug-likeness (QED) is 0.224. The Kier molecular flexibility index (Phi) is 5.67. The first-order valence-electron chi connectivity index (χ1n) is 8.69. The summed E-state index contributed by atoms with van der Waals surface area (Å²) in [5, 5.41) is 10.7. The summed E-state index contributed by atoms with van der Waals surface area (Å²) in [6.45, 7) is 3.62. The van der Waals surface area contributed by atoms with Crippen molar-refractivity contribution < 1.29 is 28.5 Å². The molecule has 1 aromatic rings. The number of β-lactam (4-membered cyclic amide) rings is 1. The number of fused-ring (bicyclic) bond motifs is 1. The predicted molar refractivity (Wildman–Crippen MR) is 100 cm³/mol. The van der Waals surface area contributed by atoms with Gasteiger partial charge in [-0.3, -0.25) is 19.8 Å². The van der Waals surface area contributed by atoms with Crippen molar-refractivity contribution in [1.29, 1.82) is 0 Å². The number of methoxy groups -OCH3 is 1. The lowest BCUT2D eigenvalue weighted by Gasteiger charge is -2.46. The van der Waals surface area contributed by atoms with Gasteiger partial charge in [0, 0.05) is 27.5 Å². The third-order valence-corrected chi connectivity index (χ3v) is 5.67. The zero-order chi connectivity index (χ0) is 20.6. The Balaban J connectivity index is 1.74. The average molecular weight is 408 g/mol. The van der Waals surface area contributed by atoms with Crippen molar-refractivity contribution in [2.24, 2.45) is 11.8 Å². The van der Waals surface area contributed by atoms with Crippen LogP contribution in [0.25, 0.3) is 0 Å². The largest absolute Gasteiger partial charge is 0.498 e. The van der Waals surface area contributed by atoms with E-state index in [0.29, 0.717) is 11.3 Å². The number of rotatable bonds is 7. The molecule has 150 valence electrons. The van der Waals surface area contributed by atoms with Crippen LogP contribution in [0.4, 0.5) is 5.69 Å². The van der Waals surface area contributed by atoms with Crippen LogP contribution in [-0.2, 0) is 30.2 Å². The maximum Gasteiger partial charge on any atom is 0.358 e. The molecular weight excluding hydrogens is 387 g/mol. The molecule has 0 spiro atoms. The van der Waals surface area contributed by atoms with E-state index < -0.39 is 10.9 Å². The molecule has 28 heavy (non-hydrogen) atoms. The van der Waals surface area contributed by atoms with Crippen molar-refractivity contribution in [2.45, 2.75) is 32.6 Å². The number of nitrogens with zero attached hydrogens (tertiary/aromatic N) is 2. The molecule has 0 N–H and O–H groups in total. The van der Waals surface area contributed by atoms with Crippen LogP contribution in [0.3, 0.4) is 0 Å². The molecule has 0 bridgehead atoms. The minimum Gasteiger partial charge on any atom is -0.498 e. The Labute approximate surface area is 164 Å². The molecule has 10 heteroatoms. The van der Waals surface area contributed by atoms with Crippen LogP contribution in [0.1, 0.15) is 19.4 Å². The van der Waals surface area contributed by atoms with Gasteiger partial charge in [-0.1, -0.05) is 6.92 Å². The fourth-order valence-electron chi connectivity index (χ4n) is 3.79. The van der Waals surface area contributed by atoms with Crippen LogP contribution in [0.5, 0.6) is 0 Å². The second-order valence-electron chi connectivity index (χ2n) is 6.77. The highest BCUT2D eigenvalue weighted by Crippen LogP contribution is 2.48. The highest BCUT2D eigenvalue weighted by atomic mass is 31.0. The monoisotopic (exact) mass is 408 g/mol. The molecule has 1 amide bonds. The Hall–Kier alpha value is -2.51. The summed E-state index contributed by atoms with van der Waals surface area (Å²) in [5.74, 6) is -1.00. The van der Waals surface area contributed by atoms with Crippen molar-refractivity contribution in [3.8, 4) is 0 Å². The summed E-state index contributed by atoms with van der Waals surface area (Å²) >= 11 is 0. The summed E-state index contributed by atoms with van der Waals surface area (Å²) < 4.78 is 16.0. The van der Waals surface area contributed by atoms with Crippen LogP contribution in [-0.4, -0.2) is 41.0 Å². The lowest BCUT2D eigenvalue weighted by Crippen LogP contribution is -2.63. The van der Waals surface area contributed by atoms with Gasteiger partial charge in [0.25, 0.3) is 5.69 Å². The molecule has 0 aliphatic carbocycles. The summed E-state index contributed by atoms with van der Waals surface area (Å²) in [5.41, 5.74) is 0.660. The van der Waals surface area contributed by atoms with Crippen molar-refractivity contribution >= 4 is 27.0 Å². The van der Waals surface area contributed by atoms with Gasteiger partial charge in [0.15, 0.2) is 5.70 Å². The highest BCUT2D eigenvalue weighted by molar-refractivity contribution is 7.09. The molecule has 0 radical (unpaired) electrons. The van der Waals surface area contributed by atoms with E-state index in [1.807, 2.05) is 6.92 Å². The van der Waals surface area contributed by atoms with Crippen molar-refractivity contribution in [3.63, 3.8) is 0 Å². The van der Waals surface area contributed by atoms with Gasteiger partial charge < -0.3 is 14.0 Å². The third-order valence-electron chi connectivity index (χ3n) is 5.24. The smallest absolute Gasteiger partial charge is 0.358 e. The number of carbonyl (C=O) groups excluding carboxylic acids is 2. The van der Waals surface area contributed by atoms with Gasteiger partial charge in [-0.15, -0.1) is 0 Å². The van der Waals surface area contributed by atoms with Crippen LogP contribution >= 0.6 is 9.47 Å². The van der Waals surface area contributed by atoms with E-state index in [4.69, 9.17) is 14.0 Å². The minimum atomic E-state index is -0.671. The zero-order valence-corrected chi connectivity index (χ0v) is 16.8. The first kappa shape index (κ1) is 20.2. The summed E-state index contributed by atoms with van der Waals surface area (Å²) in [6.07, 6.45) is -0.310. The van der Waals surface area contributed by atoms with Crippen LogP contribution in [0.2, 0.25) is 0 Å². The van der Waals surface area contributed by atoms with Gasteiger partial charge in [-0.05, 0) is 24.6 Å². The van der Waals surface area contributed by atoms with Crippen LogP contribution < -0.4 is 0 Å². The Morgan fingerprint density at radius 2 is 2.00 bits per heavy atom. The van der Waals surface area contributed by atoms with Crippen molar-refractivity contribution in [2.75, 3.05) is 7.11 Å². The van der Waals surface area contributed by atoms with E-state index >= 15 is 0 Å². The molecular formula is C18H21N2O7P. The van der Waals surface area contributed by atoms with Gasteiger partial charge in [0.2, 0.25) is 5.91 Å². The van der Waals surface area contributed by atoms with E-state index in [1.165, 1.54) is 36.3 Å². The first-order valence-corrected chi connectivity index (χ1v) is 9.16. The molecule has 5 atom stereocenters. The standard InChI is InChI=1S/C18H21N2O7P/c1-9-14-13(10(2)27-28)17(21)19(14)15(16(9)25-3)18(22)26-8-11-4-6-12(7-5-11)20(23)24/h4-7,9-10,13-14H,8,28H2,1-3H3. The van der Waals surface area contributed by atoms with E-state index in [1.54, 1.807) is 6.92 Å². The minimum absolute atomic E-state index is 0.0467. The topological polar surface area (TPSA) is 108 Å². The number of nitro benzene ring substituents is 1. The molecule has 9 nitrogen and oxygen atoms in total. The van der Waals surface area contributed by atoms with Crippen molar-refractivity contribution in [1.82, 2.24) is 4.90 Å². The lowest BCUT2D eigenvalue weighted by atomic mass is 9.79. The number of carbonyl (C=O) groups is 2. The predicted octanol–water partition coefficient (Wildman–Crippen LogP) is 2.17. The normalized spacial score (nSPS) is 24.5. The van der Waals surface area contributed by atoms with Crippen LogP contribution in [0.15, 0.2) is 35.7 Å². The number of esters is 1. The SMILES string of the molecule is COC1=C(C(=O)OCc2ccc([N+](=O)[O-])cc2)N2C(=O)C(C(C)OP)C2C1C. The second kappa shape index (κ2) is 7.85. The van der Waals surface area contributed by atoms with Crippen LogP contribution in [0, 0.1) is 22.0 Å². The Bertz CT molecular complexity index is 839. The number of ether oxygens (including phenoxy) is 2. The third kappa shape index (κ3) is 3.25. The summed E-state index contributed by atoms with van der Waals surface area (Å²) in [6, 6.07) is 5.48. The van der Waals surface area contributed by atoms with E-state index in [2.05, 4.69) is 9.47 Å². The Morgan fingerprint density at radius 3 is 2.54 bits per heavy atom. The number of nitro groups is 1. The number of hydrogen-bond donors (Lipinski definition) is 0. The molecule has 1 saturated heterocycles. The maximum absolute atomic E-state index is 12.7.